The van der Waals surface area contributed by atoms with Gasteiger partial charge in [-0.05, 0) is 43.7 Å². The fraction of sp³-hybridized carbons (Fsp3) is 0.750. The van der Waals surface area contributed by atoms with Crippen LogP contribution in [-0.2, 0) is 13.5 Å². The second kappa shape index (κ2) is 3.97. The molecule has 3 heteroatoms. The smallest absolute Gasteiger partial charge is 0.0521 e. The highest BCUT2D eigenvalue weighted by atomic mass is 15.2. The molecule has 1 aromatic rings. The fourth-order valence-electron chi connectivity index (χ4n) is 2.78. The highest BCUT2D eigenvalue weighted by Crippen LogP contribution is 2.40. The second-order valence-corrected chi connectivity index (χ2v) is 5.24. The van der Waals surface area contributed by atoms with Crippen molar-refractivity contribution in [1.29, 1.82) is 0 Å². The van der Waals surface area contributed by atoms with Gasteiger partial charge in [0.25, 0.3) is 0 Å². The van der Waals surface area contributed by atoms with Gasteiger partial charge in [-0.15, -0.1) is 0 Å². The van der Waals surface area contributed by atoms with E-state index in [4.69, 9.17) is 0 Å². The molecule has 0 amide bonds. The van der Waals surface area contributed by atoms with Crippen molar-refractivity contribution < 1.29 is 0 Å². The van der Waals surface area contributed by atoms with Gasteiger partial charge in [-0.25, -0.2) is 0 Å². The summed E-state index contributed by atoms with van der Waals surface area (Å²) < 4.78 is 1.89. The van der Waals surface area contributed by atoms with Gasteiger partial charge in [0, 0.05) is 19.3 Å². The summed E-state index contributed by atoms with van der Waals surface area (Å²) in [6, 6.07) is 0.715. The van der Waals surface area contributed by atoms with Gasteiger partial charge in [0.05, 0.1) is 6.20 Å². The molecule has 1 heterocycles. The van der Waals surface area contributed by atoms with Crippen molar-refractivity contribution in [1.82, 2.24) is 15.1 Å². The molecule has 1 aliphatic rings. The summed E-state index contributed by atoms with van der Waals surface area (Å²) in [5.41, 5.74) is 1.84. The Kier molecular flexibility index (Phi) is 2.83. The Morgan fingerprint density at radius 3 is 3.00 bits per heavy atom. The van der Waals surface area contributed by atoms with Crippen molar-refractivity contribution in [3.63, 3.8) is 0 Å². The Morgan fingerprint density at radius 1 is 1.67 bits per heavy atom. The van der Waals surface area contributed by atoms with E-state index >= 15 is 0 Å². The lowest BCUT2D eigenvalue weighted by molar-refractivity contribution is 0.324. The zero-order chi connectivity index (χ0) is 10.9. The van der Waals surface area contributed by atoms with E-state index in [2.05, 4.69) is 30.6 Å². The number of nitrogens with one attached hydrogen (secondary N) is 1. The molecule has 0 bridgehead atoms. The van der Waals surface area contributed by atoms with Crippen LogP contribution in [0.4, 0.5) is 0 Å². The molecule has 0 radical (unpaired) electrons. The summed E-state index contributed by atoms with van der Waals surface area (Å²) in [7, 11) is 4.05. The van der Waals surface area contributed by atoms with Gasteiger partial charge in [-0.2, -0.15) is 5.10 Å². The van der Waals surface area contributed by atoms with Gasteiger partial charge in [0.15, 0.2) is 0 Å². The molecule has 84 valence electrons. The van der Waals surface area contributed by atoms with E-state index < -0.39 is 0 Å². The predicted octanol–water partition coefficient (Wildman–Crippen LogP) is 1.74. The zero-order valence-electron chi connectivity index (χ0n) is 9.95. The normalized spacial score (nSPS) is 31.0. The molecule has 2 rings (SSSR count). The topological polar surface area (TPSA) is 29.9 Å². The predicted molar refractivity (Wildman–Crippen MR) is 61.7 cm³/mol. The Bertz CT molecular complexity index is 331. The van der Waals surface area contributed by atoms with Crippen LogP contribution < -0.4 is 5.32 Å². The second-order valence-electron chi connectivity index (χ2n) is 5.24. The van der Waals surface area contributed by atoms with Crippen LogP contribution in [0.3, 0.4) is 0 Å². The van der Waals surface area contributed by atoms with Crippen LogP contribution in [0.25, 0.3) is 0 Å². The Hall–Kier alpha value is -0.830. The third-order valence-corrected chi connectivity index (χ3v) is 3.63. The fourth-order valence-corrected chi connectivity index (χ4v) is 2.78. The molecule has 0 aliphatic heterocycles. The molecule has 15 heavy (non-hydrogen) atoms. The number of rotatable bonds is 3. The van der Waals surface area contributed by atoms with Crippen molar-refractivity contribution in [2.75, 3.05) is 7.05 Å². The SMILES string of the molecule is CNC1CCC(C)(Cc2cnn(C)c2)C1. The number of hydrogen-bond acceptors (Lipinski definition) is 2. The van der Waals surface area contributed by atoms with Crippen molar-refractivity contribution in [2.24, 2.45) is 12.5 Å². The van der Waals surface area contributed by atoms with Crippen LogP contribution in [0.1, 0.15) is 31.7 Å². The van der Waals surface area contributed by atoms with E-state index in [1.54, 1.807) is 0 Å². The third-order valence-electron chi connectivity index (χ3n) is 3.63. The summed E-state index contributed by atoms with van der Waals surface area (Å²) >= 11 is 0. The molecule has 1 aliphatic carbocycles. The lowest BCUT2D eigenvalue weighted by Crippen LogP contribution is -2.24. The highest BCUT2D eigenvalue weighted by Gasteiger charge is 2.34. The molecule has 0 spiro atoms. The summed E-state index contributed by atoms with van der Waals surface area (Å²) in [4.78, 5) is 0. The minimum absolute atomic E-state index is 0.469. The van der Waals surface area contributed by atoms with Crippen molar-refractivity contribution in [2.45, 2.75) is 38.6 Å². The first-order chi connectivity index (χ1) is 7.11. The molecule has 2 atom stereocenters. The first kappa shape index (κ1) is 10.7. The van der Waals surface area contributed by atoms with Gasteiger partial charge >= 0.3 is 0 Å². The minimum Gasteiger partial charge on any atom is -0.317 e. The van der Waals surface area contributed by atoms with Crippen molar-refractivity contribution in [3.8, 4) is 0 Å². The van der Waals surface area contributed by atoms with Gasteiger partial charge < -0.3 is 5.32 Å². The van der Waals surface area contributed by atoms with E-state index in [-0.39, 0.29) is 0 Å². The Labute approximate surface area is 91.9 Å². The Balaban J connectivity index is 2.00. The molecule has 1 fully saturated rings. The lowest BCUT2D eigenvalue weighted by atomic mass is 9.83. The third kappa shape index (κ3) is 2.40. The zero-order valence-corrected chi connectivity index (χ0v) is 9.95. The van der Waals surface area contributed by atoms with Gasteiger partial charge in [-0.1, -0.05) is 6.92 Å². The lowest BCUT2D eigenvalue weighted by Gasteiger charge is -2.23. The molecular formula is C12H21N3. The molecule has 0 saturated heterocycles. The first-order valence-electron chi connectivity index (χ1n) is 5.76. The maximum Gasteiger partial charge on any atom is 0.0521 e. The average Bonchev–Trinajstić information content (AvgIpc) is 2.74. The largest absolute Gasteiger partial charge is 0.317 e. The minimum atomic E-state index is 0.469. The summed E-state index contributed by atoms with van der Waals surface area (Å²) in [5.74, 6) is 0. The van der Waals surface area contributed by atoms with Crippen LogP contribution >= 0.6 is 0 Å². The van der Waals surface area contributed by atoms with Gasteiger partial charge in [-0.3, -0.25) is 4.68 Å². The van der Waals surface area contributed by atoms with Crippen LogP contribution in [0.2, 0.25) is 0 Å². The maximum atomic E-state index is 4.23. The standard InChI is InChI=1S/C12H21N3/c1-12(5-4-11(7-12)13-2)6-10-8-14-15(3)9-10/h8-9,11,13H,4-7H2,1-3H3. The van der Waals surface area contributed by atoms with E-state index in [1.165, 1.54) is 31.2 Å². The highest BCUT2D eigenvalue weighted by molar-refractivity contribution is 5.08. The number of hydrogen-bond donors (Lipinski definition) is 1. The summed E-state index contributed by atoms with van der Waals surface area (Å²) in [6.07, 6.45) is 9.23. The molecule has 1 N–H and O–H groups in total. The van der Waals surface area contributed by atoms with Gasteiger partial charge in [0.2, 0.25) is 0 Å². The number of nitrogens with zero attached hydrogens (tertiary/aromatic N) is 2. The van der Waals surface area contributed by atoms with Crippen LogP contribution in [0.15, 0.2) is 12.4 Å². The number of aryl methyl sites for hydroxylation is 1. The molecule has 1 aromatic heterocycles. The molecule has 0 aromatic carbocycles. The maximum absolute atomic E-state index is 4.23. The van der Waals surface area contributed by atoms with E-state index in [0.29, 0.717) is 11.5 Å². The van der Waals surface area contributed by atoms with Crippen molar-refractivity contribution in [3.05, 3.63) is 18.0 Å². The summed E-state index contributed by atoms with van der Waals surface area (Å²) in [5, 5.41) is 7.62. The van der Waals surface area contributed by atoms with Crippen LogP contribution in [0.5, 0.6) is 0 Å². The van der Waals surface area contributed by atoms with E-state index in [0.717, 1.165) is 0 Å². The first-order valence-corrected chi connectivity index (χ1v) is 5.76. The van der Waals surface area contributed by atoms with E-state index in [1.807, 2.05) is 17.9 Å². The van der Waals surface area contributed by atoms with Crippen molar-refractivity contribution >= 4 is 0 Å². The quantitative estimate of drug-likeness (QED) is 0.818. The van der Waals surface area contributed by atoms with Crippen LogP contribution in [0, 0.1) is 5.41 Å². The molecule has 3 nitrogen and oxygen atoms in total. The molecular weight excluding hydrogens is 186 g/mol. The van der Waals surface area contributed by atoms with Crippen LogP contribution in [-0.4, -0.2) is 22.9 Å². The summed E-state index contributed by atoms with van der Waals surface area (Å²) in [6.45, 7) is 2.40. The molecule has 2 unspecified atom stereocenters. The van der Waals surface area contributed by atoms with E-state index in [9.17, 15) is 0 Å². The molecule has 1 saturated carbocycles. The average molecular weight is 207 g/mol. The number of aromatic nitrogens is 2. The Morgan fingerprint density at radius 2 is 2.47 bits per heavy atom. The monoisotopic (exact) mass is 207 g/mol. The van der Waals surface area contributed by atoms with Gasteiger partial charge in [0.1, 0.15) is 0 Å².